The second kappa shape index (κ2) is 7.92. The number of halogens is 1. The number of hydrogen-bond acceptors (Lipinski definition) is 4. The number of hydrogen-bond donors (Lipinski definition) is 1. The third kappa shape index (κ3) is 4.78. The van der Waals surface area contributed by atoms with E-state index in [4.69, 9.17) is 9.15 Å². The van der Waals surface area contributed by atoms with E-state index in [0.717, 1.165) is 0 Å². The lowest BCUT2D eigenvalue weighted by Gasteiger charge is -2.03. The number of amides is 1. The zero-order valence-corrected chi connectivity index (χ0v) is 13.2. The fraction of sp³-hybridized carbons (Fsp3) is 0.0526. The third-order valence-electron chi connectivity index (χ3n) is 3.26. The molecule has 126 valence electrons. The monoisotopic (exact) mass is 338 g/mol. The van der Waals surface area contributed by atoms with E-state index in [1.165, 1.54) is 18.3 Å². The topological polar surface area (TPSA) is 63.8 Å². The first-order chi connectivity index (χ1) is 12.2. The normalized spacial score (nSPS) is 10.8. The van der Waals surface area contributed by atoms with Crippen molar-refractivity contribution in [1.29, 1.82) is 0 Å². The van der Waals surface area contributed by atoms with Crippen molar-refractivity contribution in [2.75, 3.05) is 0 Å². The number of hydrazone groups is 1. The van der Waals surface area contributed by atoms with E-state index in [2.05, 4.69) is 10.5 Å². The molecule has 25 heavy (non-hydrogen) atoms. The van der Waals surface area contributed by atoms with Crippen molar-refractivity contribution in [3.8, 4) is 5.75 Å². The lowest BCUT2D eigenvalue weighted by Crippen LogP contribution is -2.16. The highest BCUT2D eigenvalue weighted by molar-refractivity contribution is 5.92. The lowest BCUT2D eigenvalue weighted by molar-refractivity contribution is 0.0923. The van der Waals surface area contributed by atoms with Crippen LogP contribution in [0.5, 0.6) is 5.75 Å². The minimum atomic E-state index is -0.482. The highest BCUT2D eigenvalue weighted by Crippen LogP contribution is 2.13. The first kappa shape index (κ1) is 16.4. The van der Waals surface area contributed by atoms with Crippen molar-refractivity contribution >= 4 is 12.1 Å². The van der Waals surface area contributed by atoms with Gasteiger partial charge in [-0.1, -0.05) is 30.3 Å². The first-order valence-corrected chi connectivity index (χ1v) is 7.56. The molecule has 3 rings (SSSR count). The molecule has 0 unspecified atom stereocenters. The molecule has 0 aliphatic carbocycles. The van der Waals surface area contributed by atoms with E-state index in [0.29, 0.717) is 17.1 Å². The van der Waals surface area contributed by atoms with Crippen molar-refractivity contribution in [3.63, 3.8) is 0 Å². The second-order valence-electron chi connectivity index (χ2n) is 5.12. The molecule has 5 nitrogen and oxygen atoms in total. The lowest BCUT2D eigenvalue weighted by atomic mass is 10.2. The summed E-state index contributed by atoms with van der Waals surface area (Å²) in [6, 6.07) is 18.3. The number of carbonyl (C=O) groups excluding carboxylic acids is 1. The van der Waals surface area contributed by atoms with E-state index < -0.39 is 5.91 Å². The number of furan rings is 1. The molecule has 1 amide bonds. The minimum absolute atomic E-state index is 0.128. The molecule has 0 radical (unpaired) electrons. The Morgan fingerprint density at radius 3 is 2.60 bits per heavy atom. The first-order valence-electron chi connectivity index (χ1n) is 7.56. The Morgan fingerprint density at radius 1 is 1.08 bits per heavy atom. The van der Waals surface area contributed by atoms with Crippen LogP contribution in [0.25, 0.3) is 0 Å². The molecule has 0 atom stereocenters. The molecule has 6 heteroatoms. The van der Waals surface area contributed by atoms with Gasteiger partial charge in [0.2, 0.25) is 0 Å². The zero-order chi connectivity index (χ0) is 17.5. The number of benzene rings is 2. The maximum Gasteiger partial charge on any atom is 0.307 e. The largest absolute Gasteiger partial charge is 0.486 e. The van der Waals surface area contributed by atoms with Gasteiger partial charge in [0.1, 0.15) is 23.9 Å². The summed E-state index contributed by atoms with van der Waals surface area (Å²) in [4.78, 5) is 12.0. The SMILES string of the molecule is O=C(N/N=C\c1ccc(F)cc1)c1ccc(COc2ccccc2)o1. The van der Waals surface area contributed by atoms with Crippen molar-refractivity contribution < 1.29 is 18.3 Å². The molecule has 3 aromatic rings. The molecular weight excluding hydrogens is 323 g/mol. The van der Waals surface area contributed by atoms with Gasteiger partial charge in [-0.2, -0.15) is 5.10 Å². The molecule has 0 aliphatic rings. The van der Waals surface area contributed by atoms with Crippen LogP contribution in [0.2, 0.25) is 0 Å². The van der Waals surface area contributed by atoms with E-state index in [9.17, 15) is 9.18 Å². The quantitative estimate of drug-likeness (QED) is 0.550. The van der Waals surface area contributed by atoms with Gasteiger partial charge in [0.25, 0.3) is 0 Å². The van der Waals surface area contributed by atoms with Crippen LogP contribution in [0.4, 0.5) is 4.39 Å². The number of carbonyl (C=O) groups is 1. The van der Waals surface area contributed by atoms with Gasteiger partial charge in [0.05, 0.1) is 6.21 Å². The summed E-state index contributed by atoms with van der Waals surface area (Å²) in [5, 5.41) is 3.81. The number of ether oxygens (including phenoxy) is 1. The molecule has 0 saturated carbocycles. The van der Waals surface area contributed by atoms with Crippen LogP contribution in [0.3, 0.4) is 0 Å². The smallest absolute Gasteiger partial charge is 0.307 e. The molecule has 2 aromatic carbocycles. The molecule has 0 spiro atoms. The molecule has 0 saturated heterocycles. The predicted octanol–water partition coefficient (Wildman–Crippen LogP) is 3.76. The Kier molecular flexibility index (Phi) is 5.21. The van der Waals surface area contributed by atoms with E-state index >= 15 is 0 Å². The van der Waals surface area contributed by atoms with Gasteiger partial charge in [-0.3, -0.25) is 4.79 Å². The Hall–Kier alpha value is -3.41. The van der Waals surface area contributed by atoms with Crippen LogP contribution in [-0.4, -0.2) is 12.1 Å². The fourth-order valence-corrected chi connectivity index (χ4v) is 2.02. The van der Waals surface area contributed by atoms with Crippen molar-refractivity contribution in [1.82, 2.24) is 5.43 Å². The van der Waals surface area contributed by atoms with Crippen LogP contribution >= 0.6 is 0 Å². The van der Waals surface area contributed by atoms with Gasteiger partial charge in [0, 0.05) is 0 Å². The summed E-state index contributed by atoms with van der Waals surface area (Å²) < 4.78 is 23.8. The number of rotatable bonds is 6. The second-order valence-corrected chi connectivity index (χ2v) is 5.12. The molecule has 0 aliphatic heterocycles. The zero-order valence-electron chi connectivity index (χ0n) is 13.2. The van der Waals surface area contributed by atoms with Crippen LogP contribution < -0.4 is 10.2 Å². The summed E-state index contributed by atoms with van der Waals surface area (Å²) >= 11 is 0. The highest BCUT2D eigenvalue weighted by atomic mass is 19.1. The summed E-state index contributed by atoms with van der Waals surface area (Å²) in [5.41, 5.74) is 3.02. The standard InChI is InChI=1S/C19H15FN2O3/c20-15-8-6-14(7-9-15)12-21-22-19(23)18-11-10-17(25-18)13-24-16-4-2-1-3-5-16/h1-12H,13H2,(H,22,23)/b21-12-. The summed E-state index contributed by atoms with van der Waals surface area (Å²) in [7, 11) is 0. The van der Waals surface area contributed by atoms with Gasteiger partial charge in [0.15, 0.2) is 5.76 Å². The number of nitrogens with one attached hydrogen (secondary N) is 1. The third-order valence-corrected chi connectivity index (χ3v) is 3.26. The Morgan fingerprint density at radius 2 is 1.84 bits per heavy atom. The summed E-state index contributed by atoms with van der Waals surface area (Å²) in [5.74, 6) is 0.555. The van der Waals surface area contributed by atoms with Gasteiger partial charge in [-0.25, -0.2) is 9.82 Å². The average Bonchev–Trinajstić information content (AvgIpc) is 3.12. The van der Waals surface area contributed by atoms with Crippen LogP contribution in [0, 0.1) is 5.82 Å². The van der Waals surface area contributed by atoms with Crippen LogP contribution in [0.1, 0.15) is 21.9 Å². The minimum Gasteiger partial charge on any atom is -0.486 e. The van der Waals surface area contributed by atoms with E-state index in [1.54, 1.807) is 24.3 Å². The molecular formula is C19H15FN2O3. The van der Waals surface area contributed by atoms with Crippen LogP contribution in [-0.2, 0) is 6.61 Å². The molecule has 1 aromatic heterocycles. The summed E-state index contributed by atoms with van der Waals surface area (Å²) in [6.45, 7) is 0.218. The van der Waals surface area contributed by atoms with Gasteiger partial charge in [-0.05, 0) is 42.0 Å². The Balaban J connectivity index is 1.52. The highest BCUT2D eigenvalue weighted by Gasteiger charge is 2.10. The van der Waals surface area contributed by atoms with Crippen LogP contribution in [0.15, 0.2) is 76.2 Å². The van der Waals surface area contributed by atoms with E-state index in [1.807, 2.05) is 30.3 Å². The average molecular weight is 338 g/mol. The van der Waals surface area contributed by atoms with Crippen molar-refractivity contribution in [2.45, 2.75) is 6.61 Å². The Bertz CT molecular complexity index is 858. The van der Waals surface area contributed by atoms with Crippen molar-refractivity contribution in [2.24, 2.45) is 5.10 Å². The maximum absolute atomic E-state index is 12.8. The molecule has 0 fully saturated rings. The van der Waals surface area contributed by atoms with Gasteiger partial charge >= 0.3 is 5.91 Å². The van der Waals surface area contributed by atoms with Gasteiger partial charge in [-0.15, -0.1) is 0 Å². The fourth-order valence-electron chi connectivity index (χ4n) is 2.02. The predicted molar refractivity (Wildman–Crippen MR) is 90.9 cm³/mol. The van der Waals surface area contributed by atoms with Gasteiger partial charge < -0.3 is 9.15 Å². The maximum atomic E-state index is 12.8. The number of nitrogens with zero attached hydrogens (tertiary/aromatic N) is 1. The Labute approximate surface area is 143 Å². The number of para-hydroxylation sites is 1. The molecule has 1 N–H and O–H groups in total. The molecule has 0 bridgehead atoms. The van der Waals surface area contributed by atoms with E-state index in [-0.39, 0.29) is 18.2 Å². The van der Waals surface area contributed by atoms with Crippen molar-refractivity contribution in [3.05, 3.63) is 89.6 Å². The summed E-state index contributed by atoms with van der Waals surface area (Å²) in [6.07, 6.45) is 1.42. The molecule has 1 heterocycles.